The number of carbonyl (C=O) groups is 2. The number of rotatable bonds is 7. The van der Waals surface area contributed by atoms with Crippen LogP contribution < -0.4 is 16.0 Å². The molecule has 1 aromatic rings. The Balaban J connectivity index is 1.61. The number of ether oxygens (including phenoxy) is 1. The lowest BCUT2D eigenvalue weighted by atomic mass is 9.51. The summed E-state index contributed by atoms with van der Waals surface area (Å²) in [4.78, 5) is 23.4. The molecular weight excluding hydrogens is 318 g/mol. The second-order valence-corrected chi connectivity index (χ2v) is 6.90. The molecule has 0 bridgehead atoms. The Morgan fingerprint density at radius 3 is 2.76 bits per heavy atom. The Morgan fingerprint density at radius 1 is 1.32 bits per heavy atom. The molecule has 6 nitrogen and oxygen atoms in total. The molecule has 3 N–H and O–H groups in total. The van der Waals surface area contributed by atoms with E-state index in [1.165, 1.54) is 19.3 Å². The summed E-state index contributed by atoms with van der Waals surface area (Å²) in [5.74, 6) is -0.461. The van der Waals surface area contributed by atoms with Crippen LogP contribution in [0.5, 0.6) is 0 Å². The fourth-order valence-corrected chi connectivity index (χ4v) is 3.94. The van der Waals surface area contributed by atoms with Crippen LogP contribution >= 0.6 is 0 Å². The molecule has 136 valence electrons. The van der Waals surface area contributed by atoms with Crippen molar-refractivity contribution in [2.24, 2.45) is 5.41 Å². The maximum Gasteiger partial charge on any atom is 0.251 e. The Labute approximate surface area is 148 Å². The van der Waals surface area contributed by atoms with Gasteiger partial charge in [0.1, 0.15) is 0 Å². The molecule has 1 aromatic carbocycles. The molecule has 2 fully saturated rings. The number of nitrogens with one attached hydrogen (secondary N) is 3. The van der Waals surface area contributed by atoms with Crippen LogP contribution in [0.1, 0.15) is 43.0 Å². The lowest BCUT2D eigenvalue weighted by molar-refractivity contribution is -0.157. The van der Waals surface area contributed by atoms with Crippen molar-refractivity contribution in [3.05, 3.63) is 29.8 Å². The van der Waals surface area contributed by atoms with Gasteiger partial charge in [-0.1, -0.05) is 12.5 Å². The van der Waals surface area contributed by atoms with Crippen molar-refractivity contribution in [3.8, 4) is 0 Å². The number of carbonyl (C=O) groups excluding carboxylic acids is 2. The minimum atomic E-state index is -0.244. The van der Waals surface area contributed by atoms with Gasteiger partial charge in [-0.3, -0.25) is 9.59 Å². The Hall–Kier alpha value is -2.08. The average Bonchev–Trinajstić information content (AvgIpc) is 2.57. The third-order valence-electron chi connectivity index (χ3n) is 5.59. The van der Waals surface area contributed by atoms with Crippen molar-refractivity contribution in [1.29, 1.82) is 0 Å². The highest BCUT2D eigenvalue weighted by molar-refractivity contribution is 5.97. The fourth-order valence-electron chi connectivity index (χ4n) is 3.94. The molecule has 0 saturated heterocycles. The Kier molecular flexibility index (Phi) is 5.27. The summed E-state index contributed by atoms with van der Waals surface area (Å²) in [6.45, 7) is 2.79. The van der Waals surface area contributed by atoms with Crippen LogP contribution in [-0.2, 0) is 9.53 Å². The number of anilines is 1. The number of amides is 2. The molecule has 25 heavy (non-hydrogen) atoms. The number of hydrogen-bond donors (Lipinski definition) is 3. The largest absolute Gasteiger partial charge is 0.382 e. The van der Waals surface area contributed by atoms with Gasteiger partial charge in [0.25, 0.3) is 5.91 Å². The zero-order valence-electron chi connectivity index (χ0n) is 14.9. The van der Waals surface area contributed by atoms with Crippen LogP contribution in [0.25, 0.3) is 0 Å². The molecule has 2 aliphatic carbocycles. The van der Waals surface area contributed by atoms with Crippen LogP contribution in [-0.4, -0.2) is 44.2 Å². The van der Waals surface area contributed by atoms with Gasteiger partial charge in [-0.15, -0.1) is 0 Å². The molecule has 0 heterocycles. The third-order valence-corrected chi connectivity index (χ3v) is 5.59. The molecule has 0 unspecified atom stereocenters. The highest BCUT2D eigenvalue weighted by Crippen LogP contribution is 2.58. The molecule has 1 spiro atoms. The van der Waals surface area contributed by atoms with Crippen LogP contribution in [0.2, 0.25) is 0 Å². The first-order valence-electron chi connectivity index (χ1n) is 9.06. The molecule has 0 aromatic heterocycles. The van der Waals surface area contributed by atoms with Crippen LogP contribution in [0.3, 0.4) is 0 Å². The Bertz CT molecular complexity index is 643. The Morgan fingerprint density at radius 2 is 2.12 bits per heavy atom. The lowest BCUT2D eigenvalue weighted by Gasteiger charge is -2.61. The van der Waals surface area contributed by atoms with Crippen molar-refractivity contribution in [1.82, 2.24) is 10.6 Å². The summed E-state index contributed by atoms with van der Waals surface area (Å²) in [6.07, 6.45) is 5.07. The molecular formula is C19H27N3O3. The maximum atomic E-state index is 12.2. The topological polar surface area (TPSA) is 79.5 Å². The monoisotopic (exact) mass is 345 g/mol. The summed E-state index contributed by atoms with van der Waals surface area (Å²) in [6, 6.07) is 7.85. The fraction of sp³-hybridized carbons (Fsp3) is 0.579. The second kappa shape index (κ2) is 7.44. The second-order valence-electron chi connectivity index (χ2n) is 6.90. The van der Waals surface area contributed by atoms with E-state index in [9.17, 15) is 9.59 Å². The highest BCUT2D eigenvalue weighted by Gasteiger charge is 2.58. The van der Waals surface area contributed by atoms with Gasteiger partial charge in [0.05, 0.1) is 12.6 Å². The minimum Gasteiger partial charge on any atom is -0.382 e. The minimum absolute atomic E-state index is 0.0191. The maximum absolute atomic E-state index is 12.2. The molecule has 2 saturated carbocycles. The SMILES string of the molecule is CCO[C@H]1C[C@H](Nc2cccc(C(=O)NCC(=O)NC)c2)C12CCC2. The molecule has 2 amide bonds. The van der Waals surface area contributed by atoms with E-state index in [1.54, 1.807) is 13.1 Å². The van der Waals surface area contributed by atoms with Crippen molar-refractivity contribution in [2.45, 2.75) is 44.8 Å². The van der Waals surface area contributed by atoms with Gasteiger partial charge < -0.3 is 20.7 Å². The molecule has 3 rings (SSSR count). The highest BCUT2D eigenvalue weighted by atomic mass is 16.5. The van der Waals surface area contributed by atoms with Gasteiger partial charge in [-0.05, 0) is 44.4 Å². The molecule has 6 heteroatoms. The van der Waals surface area contributed by atoms with Crippen LogP contribution in [0, 0.1) is 5.41 Å². The van der Waals surface area contributed by atoms with E-state index < -0.39 is 0 Å². The summed E-state index contributed by atoms with van der Waals surface area (Å²) in [7, 11) is 1.55. The third kappa shape index (κ3) is 3.49. The van der Waals surface area contributed by atoms with E-state index >= 15 is 0 Å². The summed E-state index contributed by atoms with van der Waals surface area (Å²) in [5, 5.41) is 8.70. The van der Waals surface area contributed by atoms with Gasteiger partial charge in [0.2, 0.25) is 5.91 Å². The van der Waals surface area contributed by atoms with E-state index in [2.05, 4.69) is 16.0 Å². The normalized spacial score (nSPS) is 23.3. The first-order valence-corrected chi connectivity index (χ1v) is 9.06. The zero-order valence-corrected chi connectivity index (χ0v) is 14.9. The van der Waals surface area contributed by atoms with E-state index in [-0.39, 0.29) is 23.8 Å². The molecule has 0 aliphatic heterocycles. The zero-order chi connectivity index (χ0) is 17.9. The van der Waals surface area contributed by atoms with Crippen molar-refractivity contribution in [3.63, 3.8) is 0 Å². The lowest BCUT2D eigenvalue weighted by Crippen LogP contribution is -2.64. The number of benzene rings is 1. The number of likely N-dealkylation sites (N-methyl/N-ethyl adjacent to an activating group) is 1. The quantitative estimate of drug-likeness (QED) is 0.705. The smallest absolute Gasteiger partial charge is 0.251 e. The molecule has 2 atom stereocenters. The van der Waals surface area contributed by atoms with E-state index in [0.29, 0.717) is 17.7 Å². The van der Waals surface area contributed by atoms with Crippen molar-refractivity contribution < 1.29 is 14.3 Å². The predicted octanol–water partition coefficient (Wildman–Crippen LogP) is 1.92. The van der Waals surface area contributed by atoms with Crippen molar-refractivity contribution >= 4 is 17.5 Å². The van der Waals surface area contributed by atoms with Gasteiger partial charge >= 0.3 is 0 Å². The van der Waals surface area contributed by atoms with Gasteiger partial charge in [-0.25, -0.2) is 0 Å². The summed E-state index contributed by atoms with van der Waals surface area (Å²) >= 11 is 0. The number of hydrogen-bond acceptors (Lipinski definition) is 4. The summed E-state index contributed by atoms with van der Waals surface area (Å²) < 4.78 is 5.89. The van der Waals surface area contributed by atoms with Crippen LogP contribution in [0.15, 0.2) is 24.3 Å². The van der Waals surface area contributed by atoms with E-state index in [4.69, 9.17) is 4.74 Å². The van der Waals surface area contributed by atoms with Gasteiger partial charge in [-0.2, -0.15) is 0 Å². The standard InChI is InChI=1S/C19H27N3O3/c1-3-25-16-11-15(19(16)8-5-9-19)22-14-7-4-6-13(10-14)18(24)21-12-17(23)20-2/h4,6-7,10,15-16,22H,3,5,8-9,11-12H2,1-2H3,(H,20,23)(H,21,24)/t15-,16-/m0/s1. The molecule has 0 radical (unpaired) electrons. The first-order chi connectivity index (χ1) is 12.1. The van der Waals surface area contributed by atoms with Crippen molar-refractivity contribution in [2.75, 3.05) is 25.5 Å². The van der Waals surface area contributed by atoms with Gasteiger partial charge in [0, 0.05) is 36.4 Å². The van der Waals surface area contributed by atoms with Gasteiger partial charge in [0.15, 0.2) is 0 Å². The van der Waals surface area contributed by atoms with E-state index in [0.717, 1.165) is 18.7 Å². The average molecular weight is 345 g/mol. The molecule has 2 aliphatic rings. The summed E-state index contributed by atoms with van der Waals surface area (Å²) in [5.41, 5.74) is 1.77. The van der Waals surface area contributed by atoms with E-state index in [1.807, 2.05) is 25.1 Å². The van der Waals surface area contributed by atoms with Crippen LogP contribution in [0.4, 0.5) is 5.69 Å². The first kappa shape index (κ1) is 17.7. The predicted molar refractivity (Wildman–Crippen MR) is 96.6 cm³/mol.